The summed E-state index contributed by atoms with van der Waals surface area (Å²) in [5, 5.41) is 10.6. The summed E-state index contributed by atoms with van der Waals surface area (Å²) in [6, 6.07) is 7.83. The van der Waals surface area contributed by atoms with Crippen LogP contribution in [0.15, 0.2) is 39.0 Å². The molecule has 0 spiro atoms. The van der Waals surface area contributed by atoms with Gasteiger partial charge in [-0.05, 0) is 45.6 Å². The van der Waals surface area contributed by atoms with Crippen molar-refractivity contribution in [3.8, 4) is 6.07 Å². The smallest absolute Gasteiger partial charge is 0.207 e. The molecular weight excluding hydrogens is 384 g/mol. The molecule has 0 aliphatic rings. The summed E-state index contributed by atoms with van der Waals surface area (Å²) >= 11 is 10.7. The second-order valence-corrected chi connectivity index (χ2v) is 7.77. The number of nitrogens with zero attached hydrogens (tertiary/aromatic N) is 1. The third-order valence-electron chi connectivity index (χ3n) is 2.46. The first-order valence-electron chi connectivity index (χ1n) is 5.35. The number of sulfonamides is 1. The second kappa shape index (κ2) is 6.24. The Labute approximate surface area is 134 Å². The average Bonchev–Trinajstić information content (AvgIpc) is 2.81. The van der Waals surface area contributed by atoms with E-state index in [0.29, 0.717) is 5.56 Å². The fourth-order valence-electron chi connectivity index (χ4n) is 1.48. The lowest BCUT2D eigenvalue weighted by Crippen LogP contribution is -2.23. The summed E-state index contributed by atoms with van der Waals surface area (Å²) < 4.78 is 27.7. The van der Waals surface area contributed by atoms with Crippen LogP contribution in [0.3, 0.4) is 0 Å². The van der Waals surface area contributed by atoms with E-state index in [0.717, 1.165) is 9.35 Å². The van der Waals surface area contributed by atoms with Crippen molar-refractivity contribution in [1.29, 1.82) is 5.26 Å². The lowest BCUT2D eigenvalue weighted by atomic mass is 10.2. The number of hydrogen-bond acceptors (Lipinski definition) is 4. The number of nitriles is 1. The summed E-state index contributed by atoms with van der Waals surface area (Å²) in [5.41, 5.74) is 0.315. The molecule has 0 bridgehead atoms. The minimum atomic E-state index is -3.71. The van der Waals surface area contributed by atoms with E-state index in [4.69, 9.17) is 16.9 Å². The second-order valence-electron chi connectivity index (χ2n) is 3.77. The molecule has 0 atom stereocenters. The summed E-state index contributed by atoms with van der Waals surface area (Å²) in [6.45, 7) is 0.177. The van der Waals surface area contributed by atoms with E-state index in [2.05, 4.69) is 20.7 Å². The Morgan fingerprint density at radius 1 is 1.40 bits per heavy atom. The van der Waals surface area contributed by atoms with Crippen LogP contribution in [-0.4, -0.2) is 8.42 Å². The lowest BCUT2D eigenvalue weighted by molar-refractivity contribution is 0.582. The highest BCUT2D eigenvalue weighted by atomic mass is 79.9. The topological polar surface area (TPSA) is 70.0 Å². The van der Waals surface area contributed by atoms with E-state index in [1.54, 1.807) is 0 Å². The minimum absolute atomic E-state index is 0.0294. The standard InChI is InChI=1S/C12H8BrClN2O2S2/c13-9-3-4-19-11(9)7-16-20(17,18)12-2-1-8(6-15)5-10(12)14/h1-5,16H,7H2. The Morgan fingerprint density at radius 2 is 2.15 bits per heavy atom. The minimum Gasteiger partial charge on any atom is -0.207 e. The molecule has 0 saturated heterocycles. The van der Waals surface area contributed by atoms with Gasteiger partial charge in [-0.2, -0.15) is 5.26 Å². The highest BCUT2D eigenvalue weighted by Crippen LogP contribution is 2.25. The van der Waals surface area contributed by atoms with Crippen LogP contribution >= 0.6 is 38.9 Å². The van der Waals surface area contributed by atoms with Gasteiger partial charge >= 0.3 is 0 Å². The van der Waals surface area contributed by atoms with E-state index in [-0.39, 0.29) is 16.5 Å². The zero-order valence-corrected chi connectivity index (χ0v) is 13.9. The van der Waals surface area contributed by atoms with Gasteiger partial charge in [0.15, 0.2) is 0 Å². The Bertz CT molecular complexity index is 781. The molecule has 4 nitrogen and oxygen atoms in total. The van der Waals surface area contributed by atoms with Gasteiger partial charge in [0.2, 0.25) is 10.0 Å². The monoisotopic (exact) mass is 390 g/mol. The Hall–Kier alpha value is -0.910. The molecule has 20 heavy (non-hydrogen) atoms. The fourth-order valence-corrected chi connectivity index (χ4v) is 4.54. The molecule has 2 rings (SSSR count). The van der Waals surface area contributed by atoms with Crippen molar-refractivity contribution in [2.75, 3.05) is 0 Å². The van der Waals surface area contributed by atoms with Gasteiger partial charge in [0.25, 0.3) is 0 Å². The van der Waals surface area contributed by atoms with Crippen LogP contribution in [0.5, 0.6) is 0 Å². The van der Waals surface area contributed by atoms with Crippen molar-refractivity contribution in [1.82, 2.24) is 4.72 Å². The van der Waals surface area contributed by atoms with E-state index in [1.807, 2.05) is 17.5 Å². The molecule has 0 aliphatic heterocycles. The van der Waals surface area contributed by atoms with Crippen LogP contribution in [0.1, 0.15) is 10.4 Å². The maximum absolute atomic E-state index is 12.2. The zero-order chi connectivity index (χ0) is 14.8. The summed E-state index contributed by atoms with van der Waals surface area (Å²) in [7, 11) is -3.71. The zero-order valence-electron chi connectivity index (χ0n) is 9.93. The highest BCUT2D eigenvalue weighted by Gasteiger charge is 2.18. The quantitative estimate of drug-likeness (QED) is 0.867. The van der Waals surface area contributed by atoms with Crippen molar-refractivity contribution < 1.29 is 8.42 Å². The Balaban J connectivity index is 2.23. The molecule has 1 heterocycles. The molecule has 0 amide bonds. The molecule has 0 saturated carbocycles. The maximum Gasteiger partial charge on any atom is 0.242 e. The van der Waals surface area contributed by atoms with Gasteiger partial charge in [0, 0.05) is 15.9 Å². The van der Waals surface area contributed by atoms with Crippen LogP contribution in [0.4, 0.5) is 0 Å². The Kier molecular flexibility index (Phi) is 4.83. The molecule has 2 aromatic rings. The molecular formula is C12H8BrClN2O2S2. The first kappa shape index (κ1) is 15.5. The first-order valence-corrected chi connectivity index (χ1v) is 8.88. The van der Waals surface area contributed by atoms with Crippen molar-refractivity contribution in [2.45, 2.75) is 11.4 Å². The van der Waals surface area contributed by atoms with Crippen molar-refractivity contribution >= 4 is 48.9 Å². The number of nitrogens with one attached hydrogen (secondary N) is 1. The van der Waals surface area contributed by atoms with E-state index in [9.17, 15) is 8.42 Å². The Morgan fingerprint density at radius 3 is 2.70 bits per heavy atom. The normalized spacial score (nSPS) is 11.2. The van der Waals surface area contributed by atoms with Crippen molar-refractivity contribution in [2.24, 2.45) is 0 Å². The maximum atomic E-state index is 12.2. The summed E-state index contributed by atoms with van der Waals surface area (Å²) in [6.07, 6.45) is 0. The predicted molar refractivity (Wildman–Crippen MR) is 82.2 cm³/mol. The largest absolute Gasteiger partial charge is 0.242 e. The number of benzene rings is 1. The molecule has 0 unspecified atom stereocenters. The lowest BCUT2D eigenvalue weighted by Gasteiger charge is -2.08. The first-order chi connectivity index (χ1) is 9.44. The number of rotatable bonds is 4. The molecule has 1 aromatic carbocycles. The molecule has 0 radical (unpaired) electrons. The summed E-state index contributed by atoms with van der Waals surface area (Å²) in [5.74, 6) is 0. The number of halogens is 2. The van der Waals surface area contributed by atoms with E-state index in [1.165, 1.54) is 29.5 Å². The third kappa shape index (κ3) is 3.40. The van der Waals surface area contributed by atoms with Gasteiger partial charge in [0.1, 0.15) is 4.90 Å². The van der Waals surface area contributed by atoms with Gasteiger partial charge in [0.05, 0.1) is 16.7 Å². The van der Waals surface area contributed by atoms with Gasteiger partial charge in [-0.1, -0.05) is 11.6 Å². The van der Waals surface area contributed by atoms with Crippen molar-refractivity contribution in [3.05, 3.63) is 49.6 Å². The van der Waals surface area contributed by atoms with Gasteiger partial charge in [-0.25, -0.2) is 13.1 Å². The van der Waals surface area contributed by atoms with Crippen LogP contribution in [0.25, 0.3) is 0 Å². The molecule has 0 aliphatic carbocycles. The fraction of sp³-hybridized carbons (Fsp3) is 0.0833. The van der Waals surface area contributed by atoms with Crippen LogP contribution in [0, 0.1) is 11.3 Å². The van der Waals surface area contributed by atoms with Crippen LogP contribution < -0.4 is 4.72 Å². The molecule has 0 fully saturated rings. The van der Waals surface area contributed by atoms with Crippen molar-refractivity contribution in [3.63, 3.8) is 0 Å². The predicted octanol–water partition coefficient (Wildman–Crippen LogP) is 3.51. The van der Waals surface area contributed by atoms with Gasteiger partial charge < -0.3 is 0 Å². The molecule has 1 N–H and O–H groups in total. The van der Waals surface area contributed by atoms with Crippen LogP contribution in [-0.2, 0) is 16.6 Å². The number of thiophene rings is 1. The molecule has 104 valence electrons. The van der Waals surface area contributed by atoms with Gasteiger partial charge in [-0.3, -0.25) is 0 Å². The molecule has 8 heteroatoms. The molecule has 1 aromatic heterocycles. The SMILES string of the molecule is N#Cc1ccc(S(=O)(=O)NCc2sccc2Br)c(Cl)c1. The van der Waals surface area contributed by atoms with Gasteiger partial charge in [-0.15, -0.1) is 11.3 Å². The number of hydrogen-bond donors (Lipinski definition) is 1. The third-order valence-corrected chi connectivity index (χ3v) is 6.27. The average molecular weight is 392 g/mol. The van der Waals surface area contributed by atoms with Crippen LogP contribution in [0.2, 0.25) is 5.02 Å². The van der Waals surface area contributed by atoms with E-state index >= 15 is 0 Å². The summed E-state index contributed by atoms with van der Waals surface area (Å²) in [4.78, 5) is 0.837. The van der Waals surface area contributed by atoms with E-state index < -0.39 is 10.0 Å². The highest BCUT2D eigenvalue weighted by molar-refractivity contribution is 9.10.